The summed E-state index contributed by atoms with van der Waals surface area (Å²) in [6.45, 7) is 2.08. The maximum atomic E-state index is 6.19. The van der Waals surface area contributed by atoms with Crippen molar-refractivity contribution in [3.05, 3.63) is 47.4 Å². The van der Waals surface area contributed by atoms with Gasteiger partial charge in [0.2, 0.25) is 0 Å². The summed E-state index contributed by atoms with van der Waals surface area (Å²) in [6, 6.07) is 7.91. The molecule has 1 nitrogen and oxygen atoms in total. The Bertz CT molecular complexity index is 548. The molecule has 0 amide bonds. The fourth-order valence-corrected chi connectivity index (χ4v) is 4.27. The quantitative estimate of drug-likeness (QED) is 0.568. The first kappa shape index (κ1) is 14.7. The SMILES string of the molecule is CC(Nc1c(Cl)cc(Br)cc1Cl)c1ccc(Br)s1. The van der Waals surface area contributed by atoms with Crippen LogP contribution >= 0.6 is 66.4 Å². The van der Waals surface area contributed by atoms with Crippen molar-refractivity contribution >= 4 is 72.1 Å². The lowest BCUT2D eigenvalue weighted by molar-refractivity contribution is 0.908. The van der Waals surface area contributed by atoms with Crippen LogP contribution in [0, 0.1) is 0 Å². The summed E-state index contributed by atoms with van der Waals surface area (Å²) in [5.74, 6) is 0. The van der Waals surface area contributed by atoms with Crippen molar-refractivity contribution in [3.8, 4) is 0 Å². The van der Waals surface area contributed by atoms with Gasteiger partial charge in [-0.1, -0.05) is 39.1 Å². The van der Waals surface area contributed by atoms with Crippen LogP contribution in [-0.4, -0.2) is 0 Å². The number of rotatable bonds is 3. The van der Waals surface area contributed by atoms with Crippen LogP contribution in [0.3, 0.4) is 0 Å². The standard InChI is InChI=1S/C12H9Br2Cl2NS/c1-6(10-2-3-11(14)18-10)17-12-8(15)4-7(13)5-9(12)16/h2-6,17H,1H3. The number of halogens is 4. The second-order valence-corrected chi connectivity index (χ2v) is 7.98. The Morgan fingerprint density at radius 1 is 1.17 bits per heavy atom. The van der Waals surface area contributed by atoms with E-state index in [2.05, 4.69) is 50.2 Å². The van der Waals surface area contributed by atoms with E-state index in [0.29, 0.717) is 10.0 Å². The van der Waals surface area contributed by atoms with E-state index in [1.807, 2.05) is 18.2 Å². The van der Waals surface area contributed by atoms with E-state index in [1.54, 1.807) is 11.3 Å². The van der Waals surface area contributed by atoms with Gasteiger partial charge in [0.1, 0.15) is 0 Å². The molecule has 0 saturated carbocycles. The van der Waals surface area contributed by atoms with Gasteiger partial charge in [-0.25, -0.2) is 0 Å². The lowest BCUT2D eigenvalue weighted by Crippen LogP contribution is -2.05. The Kier molecular flexibility index (Phi) is 5.00. The van der Waals surface area contributed by atoms with Crippen LogP contribution in [0.1, 0.15) is 17.8 Å². The summed E-state index contributed by atoms with van der Waals surface area (Å²) in [4.78, 5) is 1.22. The molecule has 1 atom stereocenters. The maximum absolute atomic E-state index is 6.19. The number of benzene rings is 1. The van der Waals surface area contributed by atoms with Gasteiger partial charge >= 0.3 is 0 Å². The third kappa shape index (κ3) is 3.42. The molecule has 1 aromatic carbocycles. The largest absolute Gasteiger partial charge is 0.375 e. The van der Waals surface area contributed by atoms with Gasteiger partial charge in [-0.2, -0.15) is 0 Å². The molecule has 2 rings (SSSR count). The third-order valence-electron chi connectivity index (χ3n) is 2.39. The maximum Gasteiger partial charge on any atom is 0.0724 e. The van der Waals surface area contributed by atoms with Gasteiger partial charge in [0.05, 0.1) is 25.6 Å². The lowest BCUT2D eigenvalue weighted by atomic mass is 10.2. The minimum Gasteiger partial charge on any atom is -0.375 e. The Morgan fingerprint density at radius 3 is 2.28 bits per heavy atom. The lowest BCUT2D eigenvalue weighted by Gasteiger charge is -2.16. The van der Waals surface area contributed by atoms with Crippen LogP contribution in [0.2, 0.25) is 10.0 Å². The number of thiophene rings is 1. The van der Waals surface area contributed by atoms with Gasteiger partial charge in [0.15, 0.2) is 0 Å². The number of nitrogens with one attached hydrogen (secondary N) is 1. The average Bonchev–Trinajstić information content (AvgIpc) is 2.70. The molecule has 1 unspecified atom stereocenters. The van der Waals surface area contributed by atoms with Gasteiger partial charge in [-0.05, 0) is 47.1 Å². The van der Waals surface area contributed by atoms with Crippen LogP contribution in [-0.2, 0) is 0 Å². The highest BCUT2D eigenvalue weighted by Gasteiger charge is 2.13. The molecule has 1 aromatic heterocycles. The van der Waals surface area contributed by atoms with Gasteiger partial charge in [0, 0.05) is 9.35 Å². The minimum atomic E-state index is 0.150. The van der Waals surface area contributed by atoms with Crippen molar-refractivity contribution in [2.45, 2.75) is 13.0 Å². The smallest absolute Gasteiger partial charge is 0.0724 e. The predicted molar refractivity (Wildman–Crippen MR) is 88.2 cm³/mol. The van der Waals surface area contributed by atoms with Crippen LogP contribution in [0.25, 0.3) is 0 Å². The second-order valence-electron chi connectivity index (χ2n) is 3.75. The molecule has 18 heavy (non-hydrogen) atoms. The van der Waals surface area contributed by atoms with Crippen molar-refractivity contribution in [3.63, 3.8) is 0 Å². The molecule has 0 radical (unpaired) electrons. The molecular weight excluding hydrogens is 421 g/mol. The first-order valence-electron chi connectivity index (χ1n) is 5.13. The minimum absolute atomic E-state index is 0.150. The van der Waals surface area contributed by atoms with Crippen molar-refractivity contribution in [1.82, 2.24) is 0 Å². The zero-order chi connectivity index (χ0) is 13.3. The molecule has 6 heteroatoms. The van der Waals surface area contributed by atoms with Gasteiger partial charge in [-0.15, -0.1) is 11.3 Å². The molecule has 0 aliphatic carbocycles. The highest BCUT2D eigenvalue weighted by molar-refractivity contribution is 9.11. The molecule has 0 bridgehead atoms. The molecule has 0 aliphatic heterocycles. The topological polar surface area (TPSA) is 12.0 Å². The summed E-state index contributed by atoms with van der Waals surface area (Å²) in [5.41, 5.74) is 0.763. The van der Waals surface area contributed by atoms with Crippen molar-refractivity contribution in [1.29, 1.82) is 0 Å². The number of anilines is 1. The molecule has 0 spiro atoms. The second kappa shape index (κ2) is 6.14. The summed E-state index contributed by atoms with van der Waals surface area (Å²) >= 11 is 20.9. The van der Waals surface area contributed by atoms with E-state index in [4.69, 9.17) is 23.2 Å². The predicted octanol–water partition coefficient (Wildman–Crippen LogP) is 6.75. The van der Waals surface area contributed by atoms with Crippen molar-refractivity contribution in [2.24, 2.45) is 0 Å². The van der Waals surface area contributed by atoms with E-state index in [0.717, 1.165) is 13.9 Å². The van der Waals surface area contributed by atoms with Crippen LogP contribution < -0.4 is 5.32 Å². The summed E-state index contributed by atoms with van der Waals surface area (Å²) in [6.07, 6.45) is 0. The van der Waals surface area contributed by atoms with E-state index in [-0.39, 0.29) is 6.04 Å². The fraction of sp³-hybridized carbons (Fsp3) is 0.167. The molecule has 0 saturated heterocycles. The van der Waals surface area contributed by atoms with Gasteiger partial charge < -0.3 is 5.32 Å². The molecule has 0 aliphatic rings. The highest BCUT2D eigenvalue weighted by atomic mass is 79.9. The highest BCUT2D eigenvalue weighted by Crippen LogP contribution is 2.37. The number of hydrogen-bond acceptors (Lipinski definition) is 2. The zero-order valence-electron chi connectivity index (χ0n) is 9.31. The van der Waals surface area contributed by atoms with E-state index < -0.39 is 0 Å². The third-order valence-corrected chi connectivity index (χ3v) is 5.25. The Labute approximate surface area is 137 Å². The summed E-state index contributed by atoms with van der Waals surface area (Å²) in [7, 11) is 0. The van der Waals surface area contributed by atoms with Crippen LogP contribution in [0.4, 0.5) is 5.69 Å². The first-order chi connectivity index (χ1) is 8.47. The number of hydrogen-bond donors (Lipinski definition) is 1. The fourth-order valence-electron chi connectivity index (χ4n) is 1.53. The van der Waals surface area contributed by atoms with E-state index in [1.165, 1.54) is 4.88 Å². The molecule has 96 valence electrons. The van der Waals surface area contributed by atoms with Crippen molar-refractivity contribution in [2.75, 3.05) is 5.32 Å². The Balaban J connectivity index is 2.24. The summed E-state index contributed by atoms with van der Waals surface area (Å²) in [5, 5.41) is 4.56. The molecule has 2 aromatic rings. The van der Waals surface area contributed by atoms with Crippen molar-refractivity contribution < 1.29 is 0 Å². The Hall–Kier alpha value is 0.260. The molecular formula is C12H9Br2Cl2NS. The van der Waals surface area contributed by atoms with E-state index >= 15 is 0 Å². The Morgan fingerprint density at radius 2 is 1.78 bits per heavy atom. The molecule has 1 heterocycles. The first-order valence-corrected chi connectivity index (χ1v) is 8.29. The van der Waals surface area contributed by atoms with Gasteiger partial charge in [-0.3, -0.25) is 0 Å². The van der Waals surface area contributed by atoms with Crippen LogP contribution in [0.15, 0.2) is 32.5 Å². The average molecular weight is 430 g/mol. The zero-order valence-corrected chi connectivity index (χ0v) is 14.8. The monoisotopic (exact) mass is 427 g/mol. The normalized spacial score (nSPS) is 12.5. The molecule has 1 N–H and O–H groups in total. The molecule has 0 fully saturated rings. The van der Waals surface area contributed by atoms with Crippen LogP contribution in [0.5, 0.6) is 0 Å². The van der Waals surface area contributed by atoms with E-state index in [9.17, 15) is 0 Å². The van der Waals surface area contributed by atoms with Gasteiger partial charge in [0.25, 0.3) is 0 Å². The summed E-state index contributed by atoms with van der Waals surface area (Å²) < 4.78 is 1.98.